The van der Waals surface area contributed by atoms with Gasteiger partial charge in [-0.2, -0.15) is 0 Å². The minimum absolute atomic E-state index is 0.157. The van der Waals surface area contributed by atoms with Gasteiger partial charge in [0.25, 0.3) is 5.91 Å². The zero-order valence-electron chi connectivity index (χ0n) is 12.0. The highest BCUT2D eigenvalue weighted by Gasteiger charge is 2.19. The van der Waals surface area contributed by atoms with Crippen LogP contribution in [0.3, 0.4) is 0 Å². The van der Waals surface area contributed by atoms with Crippen molar-refractivity contribution in [3.63, 3.8) is 0 Å². The summed E-state index contributed by atoms with van der Waals surface area (Å²) in [5.41, 5.74) is 8.14. The van der Waals surface area contributed by atoms with Crippen LogP contribution < -0.4 is 5.73 Å². The van der Waals surface area contributed by atoms with E-state index < -0.39 is 0 Å². The molecule has 0 fully saturated rings. The Hall–Kier alpha value is -2.14. The number of nitrogen functional groups attached to an aromatic ring is 1. The second kappa shape index (κ2) is 6.54. The van der Waals surface area contributed by atoms with Crippen molar-refractivity contribution in [3.05, 3.63) is 52.6 Å². The lowest BCUT2D eigenvalue weighted by molar-refractivity contribution is 0.0750. The number of nitrogens with two attached hydrogens (primary N) is 1. The molecule has 2 N–H and O–H groups in total. The molecule has 0 saturated carbocycles. The molecule has 0 bridgehead atoms. The van der Waals surface area contributed by atoms with Crippen LogP contribution in [0.5, 0.6) is 0 Å². The lowest BCUT2D eigenvalue weighted by Gasteiger charge is -2.21. The predicted molar refractivity (Wildman–Crippen MR) is 83.0 cm³/mol. The average molecular weight is 305 g/mol. The minimum Gasteiger partial charge on any atom is -0.397 e. The number of rotatable bonds is 4. The number of aryl methyl sites for hydroxylation is 1. The number of halogens is 1. The molecule has 0 aliphatic heterocycles. The zero-order chi connectivity index (χ0) is 15.4. The fourth-order valence-electron chi connectivity index (χ4n) is 1.99. The number of carbonyl (C=O) groups excluding carboxylic acids is 1. The zero-order valence-corrected chi connectivity index (χ0v) is 12.8. The Morgan fingerprint density at radius 2 is 2.19 bits per heavy atom. The van der Waals surface area contributed by atoms with Crippen molar-refractivity contribution in [3.8, 4) is 0 Å². The molecule has 21 heavy (non-hydrogen) atoms. The van der Waals surface area contributed by atoms with Gasteiger partial charge in [0.05, 0.1) is 29.7 Å². The van der Waals surface area contributed by atoms with Gasteiger partial charge in [-0.25, -0.2) is 4.98 Å². The summed E-state index contributed by atoms with van der Waals surface area (Å²) in [6.07, 6.45) is 1.43. The molecular weight excluding hydrogens is 288 g/mol. The molecule has 0 aliphatic carbocycles. The van der Waals surface area contributed by atoms with Crippen molar-refractivity contribution in [1.29, 1.82) is 0 Å². The van der Waals surface area contributed by atoms with Crippen molar-refractivity contribution >= 4 is 23.2 Å². The van der Waals surface area contributed by atoms with Crippen LogP contribution in [-0.2, 0) is 6.54 Å². The van der Waals surface area contributed by atoms with Gasteiger partial charge >= 0.3 is 0 Å². The lowest BCUT2D eigenvalue weighted by atomic mass is 10.2. The van der Waals surface area contributed by atoms with Crippen LogP contribution in [0.15, 0.2) is 30.5 Å². The summed E-state index contributed by atoms with van der Waals surface area (Å²) in [5.74, 6) is -0.203. The van der Waals surface area contributed by atoms with Crippen LogP contribution >= 0.6 is 11.6 Å². The Morgan fingerprint density at radius 1 is 1.43 bits per heavy atom. The molecular formula is C15H17ClN4O. The van der Waals surface area contributed by atoms with Crippen LogP contribution in [0.1, 0.15) is 28.7 Å². The number of amides is 1. The monoisotopic (exact) mass is 304 g/mol. The first kappa shape index (κ1) is 15.3. The third-order valence-electron chi connectivity index (χ3n) is 3.06. The van der Waals surface area contributed by atoms with Gasteiger partial charge in [-0.15, -0.1) is 0 Å². The molecule has 2 rings (SSSR count). The first-order chi connectivity index (χ1) is 10.0. The Kier molecular flexibility index (Phi) is 4.75. The smallest absolute Gasteiger partial charge is 0.257 e. The highest BCUT2D eigenvalue weighted by Crippen LogP contribution is 2.18. The van der Waals surface area contributed by atoms with E-state index >= 15 is 0 Å². The van der Waals surface area contributed by atoms with E-state index in [1.807, 2.05) is 32.0 Å². The van der Waals surface area contributed by atoms with E-state index in [2.05, 4.69) is 9.97 Å². The third-order valence-corrected chi connectivity index (χ3v) is 3.36. The second-order valence-electron chi connectivity index (χ2n) is 4.70. The molecule has 0 spiro atoms. The quantitative estimate of drug-likeness (QED) is 0.882. The molecule has 0 radical (unpaired) electrons. The number of anilines is 1. The SMILES string of the molecule is CCN(Cc1cccc(C)n1)C(=O)c1cc(N)cnc1Cl. The molecule has 0 atom stereocenters. The molecule has 0 aliphatic rings. The Balaban J connectivity index is 2.24. The van der Waals surface area contributed by atoms with E-state index in [0.717, 1.165) is 11.4 Å². The molecule has 0 unspecified atom stereocenters. The third kappa shape index (κ3) is 3.70. The van der Waals surface area contributed by atoms with Gasteiger partial charge in [-0.3, -0.25) is 9.78 Å². The van der Waals surface area contributed by atoms with E-state index in [-0.39, 0.29) is 11.1 Å². The Morgan fingerprint density at radius 3 is 2.86 bits per heavy atom. The topological polar surface area (TPSA) is 72.1 Å². The first-order valence-electron chi connectivity index (χ1n) is 6.64. The number of hydrogen-bond acceptors (Lipinski definition) is 4. The second-order valence-corrected chi connectivity index (χ2v) is 5.05. The van der Waals surface area contributed by atoms with Crippen LogP contribution in [0.2, 0.25) is 5.15 Å². The predicted octanol–water partition coefficient (Wildman–Crippen LogP) is 2.68. The van der Waals surface area contributed by atoms with Gasteiger partial charge in [0.1, 0.15) is 5.15 Å². The summed E-state index contributed by atoms with van der Waals surface area (Å²) in [7, 11) is 0. The number of pyridine rings is 2. The van der Waals surface area contributed by atoms with Crippen molar-refractivity contribution in [2.75, 3.05) is 12.3 Å². The maximum Gasteiger partial charge on any atom is 0.257 e. The Labute approximate surface area is 128 Å². The van der Waals surface area contributed by atoms with Gasteiger partial charge in [0.15, 0.2) is 0 Å². The average Bonchev–Trinajstić information content (AvgIpc) is 2.46. The van der Waals surface area contributed by atoms with Gasteiger partial charge in [0, 0.05) is 12.2 Å². The summed E-state index contributed by atoms with van der Waals surface area (Å²) < 4.78 is 0. The standard InChI is InChI=1S/C15H17ClN4O/c1-3-20(9-12-6-4-5-10(2)19-12)15(21)13-7-11(17)8-18-14(13)16/h4-8H,3,9,17H2,1-2H3. The molecule has 5 nitrogen and oxygen atoms in total. The molecule has 0 saturated heterocycles. The highest BCUT2D eigenvalue weighted by atomic mass is 35.5. The maximum absolute atomic E-state index is 12.6. The van der Waals surface area contributed by atoms with E-state index in [1.54, 1.807) is 11.0 Å². The highest BCUT2D eigenvalue weighted by molar-refractivity contribution is 6.32. The van der Waals surface area contributed by atoms with E-state index in [9.17, 15) is 4.79 Å². The summed E-state index contributed by atoms with van der Waals surface area (Å²) in [6, 6.07) is 7.28. The fraction of sp³-hybridized carbons (Fsp3) is 0.267. The molecule has 1 amide bonds. The first-order valence-corrected chi connectivity index (χ1v) is 7.02. The van der Waals surface area contributed by atoms with Gasteiger partial charge in [-0.1, -0.05) is 17.7 Å². The van der Waals surface area contributed by atoms with Crippen LogP contribution in [0.25, 0.3) is 0 Å². The normalized spacial score (nSPS) is 10.4. The van der Waals surface area contributed by atoms with Crippen molar-refractivity contribution < 1.29 is 4.79 Å². The summed E-state index contributed by atoms with van der Waals surface area (Å²) in [5, 5.41) is 0.157. The maximum atomic E-state index is 12.6. The lowest BCUT2D eigenvalue weighted by Crippen LogP contribution is -2.31. The number of nitrogens with zero attached hydrogens (tertiary/aromatic N) is 3. The summed E-state index contributed by atoms with van der Waals surface area (Å²) in [6.45, 7) is 4.78. The van der Waals surface area contributed by atoms with E-state index in [4.69, 9.17) is 17.3 Å². The molecule has 2 heterocycles. The van der Waals surface area contributed by atoms with Crippen molar-refractivity contribution in [2.45, 2.75) is 20.4 Å². The van der Waals surface area contributed by atoms with E-state index in [0.29, 0.717) is 24.3 Å². The molecule has 0 aromatic carbocycles. The van der Waals surface area contributed by atoms with Crippen LogP contribution in [0.4, 0.5) is 5.69 Å². The number of hydrogen-bond donors (Lipinski definition) is 1. The molecule has 2 aromatic rings. The molecule has 2 aromatic heterocycles. The minimum atomic E-state index is -0.203. The van der Waals surface area contributed by atoms with Gasteiger partial charge < -0.3 is 10.6 Å². The van der Waals surface area contributed by atoms with Crippen LogP contribution in [0, 0.1) is 6.92 Å². The number of carbonyl (C=O) groups is 1. The Bertz CT molecular complexity index is 660. The van der Waals surface area contributed by atoms with E-state index in [1.165, 1.54) is 6.20 Å². The van der Waals surface area contributed by atoms with Crippen molar-refractivity contribution in [1.82, 2.24) is 14.9 Å². The van der Waals surface area contributed by atoms with Gasteiger partial charge in [0.2, 0.25) is 0 Å². The molecule has 6 heteroatoms. The van der Waals surface area contributed by atoms with Crippen molar-refractivity contribution in [2.24, 2.45) is 0 Å². The summed E-state index contributed by atoms with van der Waals surface area (Å²) >= 11 is 5.99. The summed E-state index contributed by atoms with van der Waals surface area (Å²) in [4.78, 5) is 22.5. The van der Waals surface area contributed by atoms with Gasteiger partial charge in [-0.05, 0) is 32.0 Å². The molecule has 110 valence electrons. The fourth-order valence-corrected chi connectivity index (χ4v) is 2.18. The largest absolute Gasteiger partial charge is 0.397 e. The number of aromatic nitrogens is 2. The van der Waals surface area contributed by atoms with Crippen LogP contribution in [-0.4, -0.2) is 27.3 Å².